The summed E-state index contributed by atoms with van der Waals surface area (Å²) in [6.07, 6.45) is 4.77. The first-order chi connectivity index (χ1) is 8.81. The second kappa shape index (κ2) is 4.86. The van der Waals surface area contributed by atoms with E-state index in [1.807, 2.05) is 18.2 Å². The van der Waals surface area contributed by atoms with E-state index in [2.05, 4.69) is 24.1 Å². The lowest BCUT2D eigenvalue weighted by Gasteiger charge is -2.20. The average molecular weight is 243 g/mol. The first-order valence-corrected chi connectivity index (χ1v) is 6.25. The summed E-state index contributed by atoms with van der Waals surface area (Å²) in [6, 6.07) is 10.3. The van der Waals surface area contributed by atoms with Gasteiger partial charge in [0, 0.05) is 25.1 Å². The molecule has 3 nitrogen and oxygen atoms in total. The number of benzene rings is 1. The summed E-state index contributed by atoms with van der Waals surface area (Å²) in [5.41, 5.74) is 2.52. The number of rotatable bonds is 4. The van der Waals surface area contributed by atoms with Gasteiger partial charge in [-0.1, -0.05) is 18.2 Å². The third kappa shape index (κ3) is 2.41. The zero-order valence-corrected chi connectivity index (χ0v) is 10.5. The number of hydrogen-bond donors (Lipinski definition) is 0. The minimum atomic E-state index is 0.263. The van der Waals surface area contributed by atoms with Gasteiger partial charge in [0.05, 0.1) is 12.5 Å². The Balaban J connectivity index is 1.56. The number of likely N-dealkylation sites (N-methyl/N-ethyl adjacent to an activating group) is 1. The zero-order chi connectivity index (χ0) is 12.4. The predicted molar refractivity (Wildman–Crippen MR) is 69.6 cm³/mol. The van der Waals surface area contributed by atoms with Crippen LogP contribution in [0.1, 0.15) is 11.1 Å². The molecule has 1 unspecified atom stereocenters. The maximum atomic E-state index is 5.93. The van der Waals surface area contributed by atoms with Crippen LogP contribution in [-0.4, -0.2) is 24.6 Å². The normalized spacial score (nSPS) is 17.8. The van der Waals surface area contributed by atoms with E-state index in [1.54, 1.807) is 12.5 Å². The summed E-state index contributed by atoms with van der Waals surface area (Å²) in [4.78, 5) is 2.27. The molecule has 18 heavy (non-hydrogen) atoms. The van der Waals surface area contributed by atoms with E-state index in [0.29, 0.717) is 0 Å². The molecule has 0 amide bonds. The van der Waals surface area contributed by atoms with Gasteiger partial charge in [0.1, 0.15) is 11.9 Å². The lowest BCUT2D eigenvalue weighted by Crippen LogP contribution is -2.31. The second-order valence-corrected chi connectivity index (χ2v) is 4.88. The maximum Gasteiger partial charge on any atom is 0.123 e. The quantitative estimate of drug-likeness (QED) is 0.825. The molecule has 2 aromatic rings. The largest absolute Gasteiger partial charge is 0.488 e. The van der Waals surface area contributed by atoms with Crippen LogP contribution in [0.15, 0.2) is 47.3 Å². The number of nitrogens with zero attached hydrogens (tertiary/aromatic N) is 1. The van der Waals surface area contributed by atoms with Crippen LogP contribution in [0.25, 0.3) is 0 Å². The van der Waals surface area contributed by atoms with Crippen molar-refractivity contribution >= 4 is 0 Å². The van der Waals surface area contributed by atoms with Crippen molar-refractivity contribution in [2.75, 3.05) is 13.6 Å². The Hall–Kier alpha value is -1.74. The zero-order valence-electron chi connectivity index (χ0n) is 10.5. The summed E-state index contributed by atoms with van der Waals surface area (Å²) >= 11 is 0. The van der Waals surface area contributed by atoms with Crippen molar-refractivity contribution in [3.8, 4) is 5.75 Å². The topological polar surface area (TPSA) is 25.6 Å². The van der Waals surface area contributed by atoms with E-state index in [4.69, 9.17) is 9.15 Å². The molecule has 1 aliphatic rings. The molecule has 0 saturated carbocycles. The molecule has 0 spiro atoms. The van der Waals surface area contributed by atoms with Gasteiger partial charge >= 0.3 is 0 Å². The standard InChI is InChI=1S/C15H17NO2/c1-16(9-12-6-7-17-11-12)10-14-8-13-4-2-3-5-15(13)18-14/h2-7,11,14H,8-10H2,1H3. The molecule has 1 aromatic carbocycles. The van der Waals surface area contributed by atoms with Crippen molar-refractivity contribution < 1.29 is 9.15 Å². The Kier molecular flexibility index (Phi) is 3.07. The molecule has 0 radical (unpaired) electrons. The van der Waals surface area contributed by atoms with Gasteiger partial charge in [-0.3, -0.25) is 4.90 Å². The van der Waals surface area contributed by atoms with Gasteiger partial charge in [-0.2, -0.15) is 0 Å². The van der Waals surface area contributed by atoms with Crippen LogP contribution < -0.4 is 4.74 Å². The monoisotopic (exact) mass is 243 g/mol. The SMILES string of the molecule is CN(Cc1ccoc1)CC1Cc2ccccc2O1. The first kappa shape index (κ1) is 11.4. The van der Waals surface area contributed by atoms with E-state index in [9.17, 15) is 0 Å². The summed E-state index contributed by atoms with van der Waals surface area (Å²) in [5.74, 6) is 1.04. The van der Waals surface area contributed by atoms with E-state index < -0.39 is 0 Å². The van der Waals surface area contributed by atoms with Crippen molar-refractivity contribution in [2.45, 2.75) is 19.1 Å². The van der Waals surface area contributed by atoms with E-state index >= 15 is 0 Å². The first-order valence-electron chi connectivity index (χ1n) is 6.25. The molecule has 0 saturated heterocycles. The van der Waals surface area contributed by atoms with Crippen molar-refractivity contribution in [2.24, 2.45) is 0 Å². The summed E-state index contributed by atoms with van der Waals surface area (Å²) in [7, 11) is 2.11. The van der Waals surface area contributed by atoms with Crippen LogP contribution in [0, 0.1) is 0 Å². The average Bonchev–Trinajstić information content (AvgIpc) is 2.96. The molecule has 0 fully saturated rings. The minimum Gasteiger partial charge on any atom is -0.488 e. The molecule has 3 rings (SSSR count). The molecule has 0 aliphatic carbocycles. The molecule has 1 aliphatic heterocycles. The lowest BCUT2D eigenvalue weighted by atomic mass is 10.1. The highest BCUT2D eigenvalue weighted by atomic mass is 16.5. The fourth-order valence-corrected chi connectivity index (χ4v) is 2.46. The van der Waals surface area contributed by atoms with Crippen LogP contribution in [0.2, 0.25) is 0 Å². The van der Waals surface area contributed by atoms with Crippen LogP contribution in [-0.2, 0) is 13.0 Å². The Morgan fingerprint density at radius 2 is 2.17 bits per heavy atom. The summed E-state index contributed by atoms with van der Waals surface area (Å²) in [5, 5.41) is 0. The molecule has 1 atom stereocenters. The predicted octanol–water partition coefficient (Wildman–Crippen LogP) is 2.72. The molecule has 1 aromatic heterocycles. The second-order valence-electron chi connectivity index (χ2n) is 4.88. The third-order valence-corrected chi connectivity index (χ3v) is 3.26. The molecule has 94 valence electrons. The Morgan fingerprint density at radius 1 is 1.28 bits per heavy atom. The van der Waals surface area contributed by atoms with Crippen LogP contribution in [0.5, 0.6) is 5.75 Å². The van der Waals surface area contributed by atoms with Gasteiger partial charge in [0.25, 0.3) is 0 Å². The van der Waals surface area contributed by atoms with Gasteiger partial charge in [0.2, 0.25) is 0 Å². The molecule has 2 heterocycles. The number of ether oxygens (including phenoxy) is 1. The third-order valence-electron chi connectivity index (χ3n) is 3.26. The molecule has 3 heteroatoms. The van der Waals surface area contributed by atoms with Crippen molar-refractivity contribution in [1.29, 1.82) is 0 Å². The van der Waals surface area contributed by atoms with Crippen molar-refractivity contribution in [1.82, 2.24) is 4.90 Å². The number of fused-ring (bicyclic) bond motifs is 1. The Morgan fingerprint density at radius 3 is 2.94 bits per heavy atom. The smallest absolute Gasteiger partial charge is 0.123 e. The van der Waals surface area contributed by atoms with Crippen LogP contribution >= 0.6 is 0 Å². The number of para-hydroxylation sites is 1. The van der Waals surface area contributed by atoms with E-state index in [1.165, 1.54) is 11.1 Å². The summed E-state index contributed by atoms with van der Waals surface area (Å²) < 4.78 is 11.0. The van der Waals surface area contributed by atoms with E-state index in [-0.39, 0.29) is 6.10 Å². The van der Waals surface area contributed by atoms with Gasteiger partial charge in [-0.25, -0.2) is 0 Å². The van der Waals surface area contributed by atoms with E-state index in [0.717, 1.165) is 25.3 Å². The van der Waals surface area contributed by atoms with Gasteiger partial charge in [0.15, 0.2) is 0 Å². The van der Waals surface area contributed by atoms with Crippen LogP contribution in [0.4, 0.5) is 0 Å². The fourth-order valence-electron chi connectivity index (χ4n) is 2.46. The Bertz CT molecular complexity index is 482. The lowest BCUT2D eigenvalue weighted by molar-refractivity contribution is 0.165. The molecular weight excluding hydrogens is 226 g/mol. The maximum absolute atomic E-state index is 5.93. The van der Waals surface area contributed by atoms with Crippen molar-refractivity contribution in [3.63, 3.8) is 0 Å². The number of furan rings is 1. The Labute approximate surface area is 107 Å². The van der Waals surface area contributed by atoms with Gasteiger partial charge < -0.3 is 9.15 Å². The summed E-state index contributed by atoms with van der Waals surface area (Å²) in [6.45, 7) is 1.83. The fraction of sp³-hybridized carbons (Fsp3) is 0.333. The highest BCUT2D eigenvalue weighted by Crippen LogP contribution is 2.28. The van der Waals surface area contributed by atoms with Gasteiger partial charge in [-0.05, 0) is 24.7 Å². The minimum absolute atomic E-state index is 0.263. The van der Waals surface area contributed by atoms with Crippen LogP contribution in [0.3, 0.4) is 0 Å². The highest BCUT2D eigenvalue weighted by Gasteiger charge is 2.23. The number of hydrogen-bond acceptors (Lipinski definition) is 3. The highest BCUT2D eigenvalue weighted by molar-refractivity contribution is 5.37. The molecule has 0 bridgehead atoms. The van der Waals surface area contributed by atoms with Crippen molar-refractivity contribution in [3.05, 3.63) is 54.0 Å². The van der Waals surface area contributed by atoms with Gasteiger partial charge in [-0.15, -0.1) is 0 Å². The molecular formula is C15H17NO2. The molecule has 0 N–H and O–H groups in total.